The van der Waals surface area contributed by atoms with Crippen LogP contribution in [0.2, 0.25) is 0 Å². The zero-order valence-corrected chi connectivity index (χ0v) is 16.2. The summed E-state index contributed by atoms with van der Waals surface area (Å²) < 4.78 is 0. The Bertz CT molecular complexity index is 511. The smallest absolute Gasteiger partial charge is 0.217 e. The Morgan fingerprint density at radius 2 is 1.62 bits per heavy atom. The number of benzene rings is 1. The minimum absolute atomic E-state index is 0.0519. The Labute approximate surface area is 157 Å². The van der Waals surface area contributed by atoms with Crippen LogP contribution in [0, 0.1) is 0 Å². The summed E-state index contributed by atoms with van der Waals surface area (Å²) in [5.41, 5.74) is 0.741. The highest BCUT2D eigenvalue weighted by Gasteiger charge is 2.32. The summed E-state index contributed by atoms with van der Waals surface area (Å²) in [6.07, 6.45) is 7.81. The number of hydrogen-bond donors (Lipinski definition) is 4. The maximum absolute atomic E-state index is 11.3. The summed E-state index contributed by atoms with van der Waals surface area (Å²) in [6, 6.07) is 7.79. The number of unbranched alkanes of at least 4 members (excludes halogenated alkanes) is 5. The molecule has 0 aromatic heterocycles. The number of carbonyl (C=O) groups is 1. The first kappa shape index (κ1) is 22.6. The van der Waals surface area contributed by atoms with Crippen molar-refractivity contribution < 1.29 is 20.1 Å². The largest absolute Gasteiger partial charge is 0.394 e. The molecule has 1 atom stereocenters. The Kier molecular flexibility index (Phi) is 10.5. The van der Waals surface area contributed by atoms with Crippen molar-refractivity contribution in [1.29, 1.82) is 0 Å². The van der Waals surface area contributed by atoms with Gasteiger partial charge in [-0.25, -0.2) is 0 Å². The first-order valence-corrected chi connectivity index (χ1v) is 9.73. The summed E-state index contributed by atoms with van der Waals surface area (Å²) in [7, 11) is 0. The van der Waals surface area contributed by atoms with E-state index in [1.54, 1.807) is 0 Å². The van der Waals surface area contributed by atoms with Crippen molar-refractivity contribution in [1.82, 2.24) is 5.32 Å². The normalized spacial score (nSPS) is 12.8. The molecule has 5 nitrogen and oxygen atoms in total. The van der Waals surface area contributed by atoms with E-state index in [1.165, 1.54) is 51.0 Å². The van der Waals surface area contributed by atoms with E-state index >= 15 is 0 Å². The summed E-state index contributed by atoms with van der Waals surface area (Å²) in [5.74, 6) is -0.352. The van der Waals surface area contributed by atoms with Crippen LogP contribution < -0.4 is 5.32 Å². The Morgan fingerprint density at radius 3 is 2.15 bits per heavy atom. The predicted octanol–water partition coefficient (Wildman–Crippen LogP) is 2.87. The monoisotopic (exact) mass is 365 g/mol. The van der Waals surface area contributed by atoms with E-state index in [0.29, 0.717) is 5.56 Å². The van der Waals surface area contributed by atoms with Gasteiger partial charge in [0.1, 0.15) is 0 Å². The van der Waals surface area contributed by atoms with Crippen LogP contribution in [0.25, 0.3) is 0 Å². The minimum atomic E-state index is -1.22. The second kappa shape index (κ2) is 12.0. The third-order valence-electron chi connectivity index (χ3n) is 4.81. The predicted molar refractivity (Wildman–Crippen MR) is 104 cm³/mol. The van der Waals surface area contributed by atoms with Crippen molar-refractivity contribution in [3.63, 3.8) is 0 Å². The molecule has 1 aromatic rings. The Hall–Kier alpha value is -1.43. The van der Waals surface area contributed by atoms with Crippen molar-refractivity contribution in [2.24, 2.45) is 0 Å². The first-order valence-electron chi connectivity index (χ1n) is 9.73. The molecule has 0 spiro atoms. The summed E-state index contributed by atoms with van der Waals surface area (Å²) in [5, 5.41) is 32.1. The number of aliphatic hydroxyl groups is 3. The van der Waals surface area contributed by atoms with Crippen LogP contribution in [-0.2, 0) is 11.2 Å². The summed E-state index contributed by atoms with van der Waals surface area (Å²) >= 11 is 0. The highest BCUT2D eigenvalue weighted by molar-refractivity contribution is 5.73. The number of carbonyl (C=O) groups excluding carboxylic acids is 1. The number of rotatable bonds is 13. The van der Waals surface area contributed by atoms with Crippen molar-refractivity contribution in [2.75, 3.05) is 13.2 Å². The van der Waals surface area contributed by atoms with Gasteiger partial charge in [0.25, 0.3) is 0 Å². The molecule has 0 aliphatic carbocycles. The zero-order chi connectivity index (χ0) is 19.4. The van der Waals surface area contributed by atoms with Gasteiger partial charge in [-0.15, -0.1) is 0 Å². The molecule has 1 aromatic carbocycles. The van der Waals surface area contributed by atoms with Gasteiger partial charge in [0.15, 0.2) is 0 Å². The SMILES string of the molecule is CCCCCCCCc1ccc(C(O)CC(CO)(CO)NC(C)=O)cc1. The van der Waals surface area contributed by atoms with E-state index in [9.17, 15) is 20.1 Å². The summed E-state index contributed by atoms with van der Waals surface area (Å²) in [6.45, 7) is 2.67. The number of nitrogens with one attached hydrogen (secondary N) is 1. The van der Waals surface area contributed by atoms with Crippen molar-refractivity contribution in [3.8, 4) is 0 Å². The first-order chi connectivity index (χ1) is 12.5. The van der Waals surface area contributed by atoms with E-state index in [2.05, 4.69) is 12.2 Å². The lowest BCUT2D eigenvalue weighted by molar-refractivity contribution is -0.122. The van der Waals surface area contributed by atoms with Gasteiger partial charge in [-0.2, -0.15) is 0 Å². The minimum Gasteiger partial charge on any atom is -0.394 e. The lowest BCUT2D eigenvalue weighted by atomic mass is 9.90. The van der Waals surface area contributed by atoms with Gasteiger partial charge >= 0.3 is 0 Å². The van der Waals surface area contributed by atoms with Crippen LogP contribution in [-0.4, -0.2) is 40.0 Å². The lowest BCUT2D eigenvalue weighted by Crippen LogP contribution is -2.54. The third kappa shape index (κ3) is 7.85. The Balaban J connectivity index is 2.54. The fraction of sp³-hybridized carbons (Fsp3) is 0.667. The molecule has 1 amide bonds. The molecule has 26 heavy (non-hydrogen) atoms. The molecule has 4 N–H and O–H groups in total. The van der Waals surface area contributed by atoms with Crippen LogP contribution in [0.5, 0.6) is 0 Å². The van der Waals surface area contributed by atoms with Gasteiger partial charge in [-0.05, 0) is 24.0 Å². The molecule has 0 radical (unpaired) electrons. The second-order valence-electron chi connectivity index (χ2n) is 7.26. The van der Waals surface area contributed by atoms with Gasteiger partial charge in [-0.3, -0.25) is 4.79 Å². The summed E-state index contributed by atoms with van der Waals surface area (Å²) in [4.78, 5) is 11.3. The maximum atomic E-state index is 11.3. The fourth-order valence-electron chi connectivity index (χ4n) is 3.19. The zero-order valence-electron chi connectivity index (χ0n) is 16.2. The van der Waals surface area contributed by atoms with Gasteiger partial charge in [0.05, 0.1) is 24.9 Å². The van der Waals surface area contributed by atoms with E-state index in [0.717, 1.165) is 6.42 Å². The number of aryl methyl sites for hydroxylation is 1. The van der Waals surface area contributed by atoms with E-state index < -0.39 is 24.9 Å². The molecular formula is C21H35NO4. The molecule has 0 saturated heterocycles. The molecule has 0 aliphatic heterocycles. The second-order valence-corrected chi connectivity index (χ2v) is 7.26. The lowest BCUT2D eigenvalue weighted by Gasteiger charge is -2.32. The molecule has 0 heterocycles. The molecule has 0 aliphatic rings. The van der Waals surface area contributed by atoms with E-state index in [1.807, 2.05) is 24.3 Å². The van der Waals surface area contributed by atoms with Crippen LogP contribution in [0.1, 0.15) is 76.0 Å². The average Bonchev–Trinajstić information content (AvgIpc) is 2.64. The standard InChI is InChI=1S/C21H35NO4/c1-3-4-5-6-7-8-9-18-10-12-19(13-11-18)20(26)14-21(15-23,16-24)22-17(2)25/h10-13,20,23-24,26H,3-9,14-16H2,1-2H3,(H,22,25). The molecule has 5 heteroatoms. The third-order valence-corrected chi connectivity index (χ3v) is 4.81. The van der Waals surface area contributed by atoms with Crippen molar-refractivity contribution in [3.05, 3.63) is 35.4 Å². The molecule has 1 rings (SSSR count). The van der Waals surface area contributed by atoms with E-state index in [4.69, 9.17) is 0 Å². The topological polar surface area (TPSA) is 89.8 Å². The average molecular weight is 366 g/mol. The van der Waals surface area contributed by atoms with Crippen LogP contribution in [0.3, 0.4) is 0 Å². The number of aliphatic hydroxyl groups excluding tert-OH is 3. The van der Waals surface area contributed by atoms with Gasteiger partial charge < -0.3 is 20.6 Å². The van der Waals surface area contributed by atoms with Crippen molar-refractivity contribution >= 4 is 5.91 Å². The number of hydrogen-bond acceptors (Lipinski definition) is 4. The van der Waals surface area contributed by atoms with Crippen LogP contribution in [0.4, 0.5) is 0 Å². The van der Waals surface area contributed by atoms with Crippen molar-refractivity contribution in [2.45, 2.75) is 76.9 Å². The van der Waals surface area contributed by atoms with Crippen LogP contribution in [0.15, 0.2) is 24.3 Å². The van der Waals surface area contributed by atoms with Gasteiger partial charge in [0.2, 0.25) is 5.91 Å². The molecule has 0 saturated carbocycles. The highest BCUT2D eigenvalue weighted by atomic mass is 16.3. The highest BCUT2D eigenvalue weighted by Crippen LogP contribution is 2.24. The quantitative estimate of drug-likeness (QED) is 0.405. The molecular weight excluding hydrogens is 330 g/mol. The maximum Gasteiger partial charge on any atom is 0.217 e. The molecule has 0 bridgehead atoms. The molecule has 0 fully saturated rings. The molecule has 148 valence electrons. The molecule has 1 unspecified atom stereocenters. The van der Waals surface area contributed by atoms with Gasteiger partial charge in [-0.1, -0.05) is 63.3 Å². The van der Waals surface area contributed by atoms with Gasteiger partial charge in [0, 0.05) is 13.3 Å². The van der Waals surface area contributed by atoms with E-state index in [-0.39, 0.29) is 12.3 Å². The fourth-order valence-corrected chi connectivity index (χ4v) is 3.19. The van der Waals surface area contributed by atoms with Crippen LogP contribution >= 0.6 is 0 Å². The number of amides is 1. The Morgan fingerprint density at radius 1 is 1.04 bits per heavy atom.